The van der Waals surface area contributed by atoms with Crippen molar-refractivity contribution in [3.63, 3.8) is 0 Å². The highest BCUT2D eigenvalue weighted by Gasteiger charge is 2.27. The summed E-state index contributed by atoms with van der Waals surface area (Å²) in [5, 5.41) is 6.73. The van der Waals surface area contributed by atoms with Crippen LogP contribution in [0.15, 0.2) is 10.6 Å². The summed E-state index contributed by atoms with van der Waals surface area (Å²) < 4.78 is 5.07. The van der Waals surface area contributed by atoms with E-state index in [9.17, 15) is 0 Å². The first-order valence-electron chi connectivity index (χ1n) is 3.54. The Kier molecular flexibility index (Phi) is 1.16. The summed E-state index contributed by atoms with van der Waals surface area (Å²) >= 11 is 0. The van der Waals surface area contributed by atoms with E-state index >= 15 is 0 Å². The van der Waals surface area contributed by atoms with Gasteiger partial charge < -0.3 is 9.84 Å². The molecule has 3 heteroatoms. The Morgan fingerprint density at radius 3 is 3.00 bits per heavy atom. The molecule has 54 valence electrons. The number of nitrogens with zero attached hydrogens (tertiary/aromatic N) is 1. The van der Waals surface area contributed by atoms with E-state index in [1.54, 1.807) is 0 Å². The first-order chi connectivity index (χ1) is 4.90. The predicted molar refractivity (Wildman–Crippen MR) is 38.0 cm³/mol. The summed E-state index contributed by atoms with van der Waals surface area (Å²) in [5.41, 5.74) is 0. The average molecular weight is 138 g/mol. The van der Waals surface area contributed by atoms with Crippen molar-refractivity contribution in [1.29, 1.82) is 0 Å². The van der Waals surface area contributed by atoms with Gasteiger partial charge in [-0.3, -0.25) is 0 Å². The molecule has 1 N–H and O–H groups in total. The summed E-state index contributed by atoms with van der Waals surface area (Å²) in [4.78, 5) is 0. The van der Waals surface area contributed by atoms with Crippen molar-refractivity contribution in [2.75, 3.05) is 12.4 Å². The Labute approximate surface area is 59.4 Å². The Morgan fingerprint density at radius 1 is 1.70 bits per heavy atom. The molecule has 1 aromatic heterocycles. The van der Waals surface area contributed by atoms with Crippen LogP contribution < -0.4 is 5.32 Å². The maximum atomic E-state index is 5.07. The van der Waals surface area contributed by atoms with Crippen LogP contribution in [-0.4, -0.2) is 12.2 Å². The lowest BCUT2D eigenvalue weighted by atomic mass is 10.3. The third-order valence-corrected chi connectivity index (χ3v) is 1.76. The van der Waals surface area contributed by atoms with Gasteiger partial charge in [-0.15, -0.1) is 0 Å². The van der Waals surface area contributed by atoms with E-state index in [1.165, 1.54) is 12.8 Å². The van der Waals surface area contributed by atoms with Gasteiger partial charge in [0, 0.05) is 19.0 Å². The van der Waals surface area contributed by atoms with Gasteiger partial charge in [-0.05, 0) is 12.8 Å². The molecule has 0 radical (unpaired) electrons. The molecule has 1 saturated carbocycles. The zero-order valence-electron chi connectivity index (χ0n) is 5.92. The molecule has 0 amide bonds. The first kappa shape index (κ1) is 5.77. The molecule has 1 aromatic rings. The molecule has 3 nitrogen and oxygen atoms in total. The molecular weight excluding hydrogens is 128 g/mol. The fraction of sp³-hybridized carbons (Fsp3) is 0.571. The third-order valence-electron chi connectivity index (χ3n) is 1.76. The topological polar surface area (TPSA) is 38.1 Å². The molecule has 1 fully saturated rings. The van der Waals surface area contributed by atoms with Gasteiger partial charge in [-0.2, -0.15) is 0 Å². The molecule has 0 aromatic carbocycles. The normalized spacial score (nSPS) is 17.3. The SMILES string of the molecule is CNc1cc(C2CC2)on1. The second-order valence-corrected chi connectivity index (χ2v) is 2.64. The highest BCUT2D eigenvalue weighted by molar-refractivity contribution is 5.34. The van der Waals surface area contributed by atoms with Gasteiger partial charge in [0.1, 0.15) is 5.76 Å². The Bertz CT molecular complexity index is 227. The van der Waals surface area contributed by atoms with Crippen LogP contribution in [0.5, 0.6) is 0 Å². The summed E-state index contributed by atoms with van der Waals surface area (Å²) in [7, 11) is 1.84. The monoisotopic (exact) mass is 138 g/mol. The number of anilines is 1. The van der Waals surface area contributed by atoms with Gasteiger partial charge in [0.25, 0.3) is 0 Å². The zero-order chi connectivity index (χ0) is 6.97. The van der Waals surface area contributed by atoms with Crippen molar-refractivity contribution in [3.05, 3.63) is 11.8 Å². The quantitative estimate of drug-likeness (QED) is 0.674. The van der Waals surface area contributed by atoms with E-state index in [4.69, 9.17) is 4.52 Å². The van der Waals surface area contributed by atoms with Crippen LogP contribution in [0.25, 0.3) is 0 Å². The number of hydrogen-bond donors (Lipinski definition) is 1. The van der Waals surface area contributed by atoms with Crippen molar-refractivity contribution in [1.82, 2.24) is 5.16 Å². The van der Waals surface area contributed by atoms with Crippen LogP contribution in [0.3, 0.4) is 0 Å². The minimum Gasteiger partial charge on any atom is -0.370 e. The van der Waals surface area contributed by atoms with Gasteiger partial charge in [-0.1, -0.05) is 5.16 Å². The largest absolute Gasteiger partial charge is 0.370 e. The molecule has 0 atom stereocenters. The van der Waals surface area contributed by atoms with E-state index in [0.29, 0.717) is 5.92 Å². The zero-order valence-corrected chi connectivity index (χ0v) is 5.92. The number of rotatable bonds is 2. The van der Waals surface area contributed by atoms with Crippen LogP contribution in [0.2, 0.25) is 0 Å². The van der Waals surface area contributed by atoms with Crippen molar-refractivity contribution in [2.45, 2.75) is 18.8 Å². The molecule has 0 spiro atoms. The lowest BCUT2D eigenvalue weighted by molar-refractivity contribution is 0.386. The minimum atomic E-state index is 0.662. The summed E-state index contributed by atoms with van der Waals surface area (Å²) in [6, 6.07) is 1.97. The molecule has 0 aliphatic heterocycles. The molecule has 2 rings (SSSR count). The molecule has 0 saturated heterocycles. The second-order valence-electron chi connectivity index (χ2n) is 2.64. The summed E-state index contributed by atoms with van der Waals surface area (Å²) in [6.45, 7) is 0. The van der Waals surface area contributed by atoms with E-state index in [1.807, 2.05) is 13.1 Å². The Balaban J connectivity index is 2.19. The third kappa shape index (κ3) is 0.875. The first-order valence-corrected chi connectivity index (χ1v) is 3.54. The molecule has 10 heavy (non-hydrogen) atoms. The maximum Gasteiger partial charge on any atom is 0.169 e. The summed E-state index contributed by atoms with van der Waals surface area (Å²) in [5.74, 6) is 2.53. The van der Waals surface area contributed by atoms with E-state index in [0.717, 1.165) is 11.6 Å². The van der Waals surface area contributed by atoms with Crippen molar-refractivity contribution >= 4 is 5.82 Å². The number of nitrogens with one attached hydrogen (secondary N) is 1. The Morgan fingerprint density at radius 2 is 2.50 bits per heavy atom. The van der Waals surface area contributed by atoms with Crippen LogP contribution in [0.1, 0.15) is 24.5 Å². The fourth-order valence-electron chi connectivity index (χ4n) is 0.967. The van der Waals surface area contributed by atoms with Gasteiger partial charge in [0.05, 0.1) is 0 Å². The highest BCUT2D eigenvalue weighted by atomic mass is 16.5. The van der Waals surface area contributed by atoms with Gasteiger partial charge in [-0.25, -0.2) is 0 Å². The lowest BCUT2D eigenvalue weighted by Gasteiger charge is -1.83. The minimum absolute atomic E-state index is 0.662. The molecule has 1 aliphatic rings. The van der Waals surface area contributed by atoms with Crippen molar-refractivity contribution < 1.29 is 4.52 Å². The fourth-order valence-corrected chi connectivity index (χ4v) is 0.967. The Hall–Kier alpha value is -0.990. The van der Waals surface area contributed by atoms with E-state index in [-0.39, 0.29) is 0 Å². The number of aromatic nitrogens is 1. The predicted octanol–water partition coefficient (Wildman–Crippen LogP) is 1.59. The van der Waals surface area contributed by atoms with Gasteiger partial charge >= 0.3 is 0 Å². The molecule has 1 aliphatic carbocycles. The number of hydrogen-bond acceptors (Lipinski definition) is 3. The molecular formula is C7H10N2O. The van der Waals surface area contributed by atoms with Crippen molar-refractivity contribution in [3.8, 4) is 0 Å². The standard InChI is InChI=1S/C7H10N2O/c1-8-7-4-6(10-9-7)5-2-3-5/h4-5H,2-3H2,1H3,(H,8,9). The van der Waals surface area contributed by atoms with E-state index < -0.39 is 0 Å². The van der Waals surface area contributed by atoms with Crippen molar-refractivity contribution in [2.24, 2.45) is 0 Å². The molecule has 0 unspecified atom stereocenters. The van der Waals surface area contributed by atoms with Crippen LogP contribution >= 0.6 is 0 Å². The van der Waals surface area contributed by atoms with Crippen LogP contribution in [0, 0.1) is 0 Å². The maximum absolute atomic E-state index is 5.07. The van der Waals surface area contributed by atoms with Gasteiger partial charge in [0.2, 0.25) is 0 Å². The van der Waals surface area contributed by atoms with Crippen LogP contribution in [-0.2, 0) is 0 Å². The second kappa shape index (κ2) is 2.01. The molecule has 0 bridgehead atoms. The average Bonchev–Trinajstić information content (AvgIpc) is 2.70. The van der Waals surface area contributed by atoms with Crippen LogP contribution in [0.4, 0.5) is 5.82 Å². The van der Waals surface area contributed by atoms with Gasteiger partial charge in [0.15, 0.2) is 5.82 Å². The summed E-state index contributed by atoms with van der Waals surface area (Å²) in [6.07, 6.45) is 2.52. The smallest absolute Gasteiger partial charge is 0.169 e. The van der Waals surface area contributed by atoms with E-state index in [2.05, 4.69) is 10.5 Å². The lowest BCUT2D eigenvalue weighted by Crippen LogP contribution is -1.85. The molecule has 1 heterocycles. The highest BCUT2D eigenvalue weighted by Crippen LogP contribution is 2.40.